The number of fused-ring (bicyclic) bond motifs is 1. The summed E-state index contributed by atoms with van der Waals surface area (Å²) in [6, 6.07) is 2.79. The number of aromatic nitrogens is 2. The Bertz CT molecular complexity index is 711. The molecular formula is C17H23BrFN3O. The molecule has 0 fully saturated rings. The molecule has 0 aliphatic rings. The van der Waals surface area contributed by atoms with Gasteiger partial charge in [-0.25, -0.2) is 14.4 Å². The third kappa shape index (κ3) is 4.70. The molecule has 2 rings (SSSR count). The van der Waals surface area contributed by atoms with E-state index in [1.54, 1.807) is 0 Å². The van der Waals surface area contributed by atoms with E-state index in [-0.39, 0.29) is 27.7 Å². The molecule has 0 amide bonds. The number of halogens is 2. The fraction of sp³-hybridized carbons (Fsp3) is 0.471. The van der Waals surface area contributed by atoms with Crippen molar-refractivity contribution in [1.82, 2.24) is 9.97 Å². The molecule has 4 nitrogen and oxygen atoms in total. The van der Waals surface area contributed by atoms with Crippen molar-refractivity contribution in [3.8, 4) is 0 Å². The molecule has 1 aromatic heterocycles. The number of aryl methyl sites for hydroxylation is 1. The van der Waals surface area contributed by atoms with Crippen LogP contribution in [0, 0.1) is 12.7 Å². The van der Waals surface area contributed by atoms with Crippen molar-refractivity contribution in [2.45, 2.75) is 47.1 Å². The molecule has 0 atom stereocenters. The molecule has 0 bridgehead atoms. The van der Waals surface area contributed by atoms with E-state index in [9.17, 15) is 9.18 Å². The molecule has 0 saturated carbocycles. The van der Waals surface area contributed by atoms with Crippen molar-refractivity contribution in [3.63, 3.8) is 0 Å². The molecule has 0 spiro atoms. The molecule has 2 aromatic rings. The van der Waals surface area contributed by atoms with Crippen LogP contribution in [0.15, 0.2) is 12.1 Å². The number of nitrogens with zero attached hydrogens (tertiary/aromatic N) is 2. The number of rotatable bonds is 3. The van der Waals surface area contributed by atoms with Gasteiger partial charge in [-0.15, -0.1) is 0 Å². The Balaban J connectivity index is 0.00000127. The van der Waals surface area contributed by atoms with E-state index in [2.05, 4.69) is 31.2 Å². The highest BCUT2D eigenvalue weighted by Gasteiger charge is 2.19. The zero-order valence-electron chi connectivity index (χ0n) is 14.4. The molecule has 0 saturated heterocycles. The van der Waals surface area contributed by atoms with Crippen LogP contribution in [-0.4, -0.2) is 26.6 Å². The number of benzene rings is 1. The number of Topliss-reactive ketones (excluding diaryl/α,β-unsaturated/α-hetero) is 1. The first kappa shape index (κ1) is 19.5. The minimum absolute atomic E-state index is 0.0196. The Morgan fingerprint density at radius 2 is 1.87 bits per heavy atom. The Labute approximate surface area is 145 Å². The number of carbonyl (C=O) groups excluding carboxylic acids is 1. The number of carbonyl (C=O) groups is 1. The lowest BCUT2D eigenvalue weighted by Crippen LogP contribution is -2.27. The summed E-state index contributed by atoms with van der Waals surface area (Å²) >= 11 is 3.07. The summed E-state index contributed by atoms with van der Waals surface area (Å²) in [5.41, 5.74) is 1.28. The second-order valence-electron chi connectivity index (χ2n) is 5.88. The number of hydrogen-bond donors (Lipinski definition) is 1. The largest absolute Gasteiger partial charge is 0.364 e. The molecule has 23 heavy (non-hydrogen) atoms. The molecule has 1 aromatic carbocycles. The molecule has 126 valence electrons. The smallest absolute Gasteiger partial charge is 0.178 e. The van der Waals surface area contributed by atoms with E-state index in [0.29, 0.717) is 17.0 Å². The number of hydrogen-bond acceptors (Lipinski definition) is 4. The lowest BCUT2D eigenvalue weighted by atomic mass is 10.1. The minimum atomic E-state index is -0.577. The van der Waals surface area contributed by atoms with E-state index >= 15 is 0 Å². The van der Waals surface area contributed by atoms with Gasteiger partial charge in [0.05, 0.1) is 22.1 Å². The third-order valence-corrected chi connectivity index (χ3v) is 3.36. The Morgan fingerprint density at radius 1 is 1.26 bits per heavy atom. The highest BCUT2D eigenvalue weighted by atomic mass is 79.9. The molecule has 6 heteroatoms. The van der Waals surface area contributed by atoms with Crippen molar-refractivity contribution in [1.29, 1.82) is 0 Å². The van der Waals surface area contributed by atoms with Gasteiger partial charge in [0.15, 0.2) is 5.78 Å². The number of anilines is 1. The van der Waals surface area contributed by atoms with E-state index in [1.807, 2.05) is 41.5 Å². The van der Waals surface area contributed by atoms with Gasteiger partial charge in [-0.05, 0) is 39.8 Å². The maximum Gasteiger partial charge on any atom is 0.178 e. The predicted octanol–water partition coefficient (Wildman–Crippen LogP) is 4.89. The Kier molecular flexibility index (Phi) is 6.62. The maximum atomic E-state index is 14.0. The second kappa shape index (κ2) is 7.81. The van der Waals surface area contributed by atoms with Crippen LogP contribution >= 0.6 is 15.9 Å². The van der Waals surface area contributed by atoms with Crippen molar-refractivity contribution in [2.24, 2.45) is 0 Å². The van der Waals surface area contributed by atoms with Crippen LogP contribution in [0.4, 0.5) is 10.2 Å². The van der Waals surface area contributed by atoms with Gasteiger partial charge in [-0.2, -0.15) is 0 Å². The average molecular weight is 384 g/mol. The number of nitrogens with one attached hydrogen (secondary N) is 1. The first-order valence-corrected chi connectivity index (χ1v) is 8.69. The van der Waals surface area contributed by atoms with E-state index in [1.165, 1.54) is 12.1 Å². The molecule has 0 aliphatic heterocycles. The summed E-state index contributed by atoms with van der Waals surface area (Å²) in [6.07, 6.45) is 0. The van der Waals surface area contributed by atoms with Crippen LogP contribution in [0.1, 0.15) is 50.7 Å². The van der Waals surface area contributed by atoms with E-state index in [0.717, 1.165) is 0 Å². The molecule has 0 aliphatic carbocycles. The van der Waals surface area contributed by atoms with Crippen LogP contribution in [0.3, 0.4) is 0 Å². The van der Waals surface area contributed by atoms with E-state index < -0.39 is 5.82 Å². The predicted molar refractivity (Wildman–Crippen MR) is 97.1 cm³/mol. The fourth-order valence-electron chi connectivity index (χ4n) is 1.99. The van der Waals surface area contributed by atoms with Gasteiger partial charge in [-0.1, -0.05) is 29.8 Å². The lowest BCUT2D eigenvalue weighted by Gasteiger charge is -2.22. The summed E-state index contributed by atoms with van der Waals surface area (Å²) in [5.74, 6) is -0.367. The molecule has 0 unspecified atom stereocenters. The Morgan fingerprint density at radius 3 is 2.39 bits per heavy atom. The summed E-state index contributed by atoms with van der Waals surface area (Å²) in [4.78, 5) is 20.8. The van der Waals surface area contributed by atoms with Crippen molar-refractivity contribution in [3.05, 3.63) is 29.2 Å². The van der Waals surface area contributed by atoms with Gasteiger partial charge in [-0.3, -0.25) is 4.79 Å². The standard InChI is InChI=1S/C15H17BrFN3O.C2H6/c1-8-14(20-15(2,3)4)19-13-10(18-8)6-5-9(17)12(13)11(21)7-16;1-2/h5-6H,7H2,1-4H3,(H,19,20);1-2H3. The van der Waals surface area contributed by atoms with Crippen LogP contribution in [0.5, 0.6) is 0 Å². The quantitative estimate of drug-likeness (QED) is 0.605. The SMILES string of the molecule is CC.Cc1nc2ccc(F)c(C(=O)CBr)c2nc1NC(C)(C)C. The lowest BCUT2D eigenvalue weighted by molar-refractivity contribution is 0.102. The van der Waals surface area contributed by atoms with Crippen LogP contribution in [0.25, 0.3) is 11.0 Å². The first-order chi connectivity index (χ1) is 10.7. The average Bonchev–Trinajstić information content (AvgIpc) is 2.48. The topological polar surface area (TPSA) is 54.9 Å². The molecular weight excluding hydrogens is 361 g/mol. The third-order valence-electron chi connectivity index (χ3n) is 2.85. The van der Waals surface area contributed by atoms with Crippen LogP contribution < -0.4 is 5.32 Å². The molecule has 1 N–H and O–H groups in total. The zero-order chi connectivity index (χ0) is 17.8. The second-order valence-corrected chi connectivity index (χ2v) is 6.44. The maximum absolute atomic E-state index is 14.0. The van der Waals surface area contributed by atoms with Crippen molar-refractivity contribution in [2.75, 3.05) is 10.6 Å². The molecule has 1 heterocycles. The zero-order valence-corrected chi connectivity index (χ0v) is 16.0. The number of alkyl halides is 1. The molecule has 0 radical (unpaired) electrons. The van der Waals surface area contributed by atoms with Gasteiger partial charge < -0.3 is 5.32 Å². The van der Waals surface area contributed by atoms with E-state index in [4.69, 9.17) is 0 Å². The minimum Gasteiger partial charge on any atom is -0.364 e. The highest BCUT2D eigenvalue weighted by Crippen LogP contribution is 2.24. The van der Waals surface area contributed by atoms with Crippen molar-refractivity contribution < 1.29 is 9.18 Å². The number of ketones is 1. The summed E-state index contributed by atoms with van der Waals surface area (Å²) in [5, 5.41) is 3.27. The van der Waals surface area contributed by atoms with Crippen molar-refractivity contribution >= 4 is 38.6 Å². The first-order valence-electron chi connectivity index (χ1n) is 7.57. The van der Waals surface area contributed by atoms with Gasteiger partial charge in [0.25, 0.3) is 0 Å². The van der Waals surface area contributed by atoms with Gasteiger partial charge >= 0.3 is 0 Å². The van der Waals surface area contributed by atoms with Gasteiger partial charge in [0, 0.05) is 5.54 Å². The summed E-state index contributed by atoms with van der Waals surface area (Å²) in [6.45, 7) is 11.8. The summed E-state index contributed by atoms with van der Waals surface area (Å²) < 4.78 is 14.0. The normalized spacial score (nSPS) is 11.0. The Hall–Kier alpha value is -1.56. The fourth-order valence-corrected chi connectivity index (χ4v) is 2.27. The van der Waals surface area contributed by atoms with Gasteiger partial charge in [0.2, 0.25) is 0 Å². The highest BCUT2D eigenvalue weighted by molar-refractivity contribution is 9.09. The monoisotopic (exact) mass is 383 g/mol. The van der Waals surface area contributed by atoms with Crippen LogP contribution in [0.2, 0.25) is 0 Å². The van der Waals surface area contributed by atoms with Crippen LogP contribution in [-0.2, 0) is 0 Å². The summed E-state index contributed by atoms with van der Waals surface area (Å²) in [7, 11) is 0. The van der Waals surface area contributed by atoms with Gasteiger partial charge in [0.1, 0.15) is 17.2 Å².